The second kappa shape index (κ2) is 7.44. The van der Waals surface area contributed by atoms with Crippen LogP contribution < -0.4 is 5.32 Å². The molecule has 1 aromatic carbocycles. The van der Waals surface area contributed by atoms with E-state index in [9.17, 15) is 0 Å². The summed E-state index contributed by atoms with van der Waals surface area (Å²) in [5, 5.41) is 3.72. The molecule has 106 valence electrons. The second-order valence-electron chi connectivity index (χ2n) is 6.02. The van der Waals surface area contributed by atoms with E-state index in [4.69, 9.17) is 0 Å². The van der Waals surface area contributed by atoms with E-state index in [1.807, 2.05) is 0 Å². The summed E-state index contributed by atoms with van der Waals surface area (Å²) in [5.41, 5.74) is 1.44. The average Bonchev–Trinajstić information content (AvgIpc) is 2.39. The standard InChI is InChI=1S/C17H26BrN/c1-3-19-17(15-9-7-13(2)8-10-15)12-14-5-4-6-16(18)11-14/h4-6,11,13,15,17,19H,3,7-10,12H2,1-2H3. The number of nitrogens with one attached hydrogen (secondary N) is 1. The van der Waals surface area contributed by atoms with Crippen molar-refractivity contribution >= 4 is 15.9 Å². The predicted octanol–water partition coefficient (Wildman–Crippen LogP) is 4.80. The maximum absolute atomic E-state index is 3.72. The van der Waals surface area contributed by atoms with Gasteiger partial charge < -0.3 is 5.32 Å². The minimum Gasteiger partial charge on any atom is -0.314 e. The Morgan fingerprint density at radius 1 is 1.26 bits per heavy atom. The normalized spacial score (nSPS) is 25.2. The first-order valence-corrected chi connectivity index (χ1v) is 8.46. The summed E-state index contributed by atoms with van der Waals surface area (Å²) in [6.07, 6.45) is 6.77. The van der Waals surface area contributed by atoms with Gasteiger partial charge in [0.1, 0.15) is 0 Å². The van der Waals surface area contributed by atoms with Crippen LogP contribution in [0.2, 0.25) is 0 Å². The summed E-state index contributed by atoms with van der Waals surface area (Å²) in [5.74, 6) is 1.79. The first-order valence-electron chi connectivity index (χ1n) is 7.67. The lowest BCUT2D eigenvalue weighted by atomic mass is 9.77. The van der Waals surface area contributed by atoms with Crippen molar-refractivity contribution in [2.75, 3.05) is 6.54 Å². The van der Waals surface area contributed by atoms with Crippen LogP contribution in [0.15, 0.2) is 28.7 Å². The average molecular weight is 324 g/mol. The fourth-order valence-corrected chi connectivity index (χ4v) is 3.72. The Balaban J connectivity index is 1.99. The zero-order valence-electron chi connectivity index (χ0n) is 12.2. The van der Waals surface area contributed by atoms with Crippen molar-refractivity contribution in [2.24, 2.45) is 11.8 Å². The molecule has 19 heavy (non-hydrogen) atoms. The molecule has 2 heteroatoms. The third-order valence-electron chi connectivity index (χ3n) is 4.44. The quantitative estimate of drug-likeness (QED) is 0.821. The van der Waals surface area contributed by atoms with Crippen LogP contribution in [0.4, 0.5) is 0 Å². The molecule has 0 amide bonds. The fraction of sp³-hybridized carbons (Fsp3) is 0.647. The van der Waals surface area contributed by atoms with Gasteiger partial charge in [0.05, 0.1) is 0 Å². The number of halogens is 1. The van der Waals surface area contributed by atoms with Gasteiger partial charge in [0.25, 0.3) is 0 Å². The molecule has 1 aliphatic carbocycles. The Labute approximate surface area is 126 Å². The van der Waals surface area contributed by atoms with Crippen LogP contribution in [0.5, 0.6) is 0 Å². The minimum absolute atomic E-state index is 0.645. The van der Waals surface area contributed by atoms with E-state index in [1.54, 1.807) is 0 Å². The molecule has 0 bridgehead atoms. The smallest absolute Gasteiger partial charge is 0.0178 e. The van der Waals surface area contributed by atoms with Gasteiger partial charge in [0.2, 0.25) is 0 Å². The molecule has 1 nitrogen and oxygen atoms in total. The van der Waals surface area contributed by atoms with Crippen molar-refractivity contribution in [2.45, 2.75) is 52.0 Å². The van der Waals surface area contributed by atoms with E-state index in [1.165, 1.54) is 35.7 Å². The van der Waals surface area contributed by atoms with Gasteiger partial charge in [0, 0.05) is 10.5 Å². The highest BCUT2D eigenvalue weighted by atomic mass is 79.9. The van der Waals surface area contributed by atoms with Gasteiger partial charge in [-0.3, -0.25) is 0 Å². The maximum atomic E-state index is 3.72. The van der Waals surface area contributed by atoms with E-state index in [-0.39, 0.29) is 0 Å². The molecule has 1 aromatic rings. The second-order valence-corrected chi connectivity index (χ2v) is 6.93. The Hall–Kier alpha value is -0.340. The molecule has 2 rings (SSSR count). The van der Waals surface area contributed by atoms with Gasteiger partial charge in [-0.05, 0) is 55.3 Å². The molecule has 0 aromatic heterocycles. The monoisotopic (exact) mass is 323 g/mol. The predicted molar refractivity (Wildman–Crippen MR) is 86.4 cm³/mol. The van der Waals surface area contributed by atoms with Crippen molar-refractivity contribution in [3.63, 3.8) is 0 Å². The lowest BCUT2D eigenvalue weighted by Gasteiger charge is -2.33. The van der Waals surface area contributed by atoms with Gasteiger partial charge in [-0.25, -0.2) is 0 Å². The van der Waals surface area contributed by atoms with E-state index >= 15 is 0 Å². The van der Waals surface area contributed by atoms with Crippen LogP contribution >= 0.6 is 15.9 Å². The minimum atomic E-state index is 0.645. The van der Waals surface area contributed by atoms with Gasteiger partial charge in [-0.2, -0.15) is 0 Å². The zero-order valence-corrected chi connectivity index (χ0v) is 13.7. The van der Waals surface area contributed by atoms with Crippen LogP contribution in [-0.4, -0.2) is 12.6 Å². The molecule has 0 saturated heterocycles. The highest BCUT2D eigenvalue weighted by Gasteiger charge is 2.25. The maximum Gasteiger partial charge on any atom is 0.0178 e. The molecule has 0 heterocycles. The highest BCUT2D eigenvalue weighted by molar-refractivity contribution is 9.10. The van der Waals surface area contributed by atoms with Crippen molar-refractivity contribution < 1.29 is 0 Å². The zero-order chi connectivity index (χ0) is 13.7. The van der Waals surface area contributed by atoms with Crippen LogP contribution in [0.25, 0.3) is 0 Å². The summed E-state index contributed by atoms with van der Waals surface area (Å²) in [6, 6.07) is 9.40. The molecule has 0 spiro atoms. The van der Waals surface area contributed by atoms with Crippen molar-refractivity contribution in [1.29, 1.82) is 0 Å². The molecule has 1 saturated carbocycles. The van der Waals surface area contributed by atoms with Crippen LogP contribution in [0, 0.1) is 11.8 Å². The number of hydrogen-bond donors (Lipinski definition) is 1. The van der Waals surface area contributed by atoms with Crippen LogP contribution in [0.1, 0.15) is 45.1 Å². The Morgan fingerprint density at radius 2 is 2.00 bits per heavy atom. The van der Waals surface area contributed by atoms with Gasteiger partial charge in [0.15, 0.2) is 0 Å². The lowest BCUT2D eigenvalue weighted by Crippen LogP contribution is -2.39. The van der Waals surface area contributed by atoms with Crippen molar-refractivity contribution in [3.8, 4) is 0 Å². The Morgan fingerprint density at radius 3 is 2.63 bits per heavy atom. The molecule has 1 atom stereocenters. The molecule has 1 aliphatic rings. The van der Waals surface area contributed by atoms with Crippen LogP contribution in [0.3, 0.4) is 0 Å². The van der Waals surface area contributed by atoms with E-state index in [2.05, 4.69) is 59.4 Å². The summed E-state index contributed by atoms with van der Waals surface area (Å²) in [7, 11) is 0. The van der Waals surface area contributed by atoms with Crippen LogP contribution in [-0.2, 0) is 6.42 Å². The van der Waals surface area contributed by atoms with Gasteiger partial charge in [-0.15, -0.1) is 0 Å². The third kappa shape index (κ3) is 4.61. The number of hydrogen-bond acceptors (Lipinski definition) is 1. The molecular weight excluding hydrogens is 298 g/mol. The molecule has 1 N–H and O–H groups in total. The first-order chi connectivity index (χ1) is 9.19. The first kappa shape index (κ1) is 15.1. The Bertz CT molecular complexity index is 383. The Kier molecular flexibility index (Phi) is 5.90. The topological polar surface area (TPSA) is 12.0 Å². The molecule has 0 radical (unpaired) electrons. The van der Waals surface area contributed by atoms with E-state index in [0.717, 1.165) is 24.8 Å². The summed E-state index contributed by atoms with van der Waals surface area (Å²) >= 11 is 3.57. The number of rotatable bonds is 5. The number of likely N-dealkylation sites (N-methyl/N-ethyl adjacent to an activating group) is 1. The van der Waals surface area contributed by atoms with Gasteiger partial charge in [-0.1, -0.05) is 54.8 Å². The molecule has 1 unspecified atom stereocenters. The van der Waals surface area contributed by atoms with Gasteiger partial charge >= 0.3 is 0 Å². The largest absolute Gasteiger partial charge is 0.314 e. The summed E-state index contributed by atoms with van der Waals surface area (Å²) in [4.78, 5) is 0. The summed E-state index contributed by atoms with van der Waals surface area (Å²) in [6.45, 7) is 5.69. The van der Waals surface area contributed by atoms with E-state index in [0.29, 0.717) is 6.04 Å². The summed E-state index contributed by atoms with van der Waals surface area (Å²) < 4.78 is 1.19. The highest BCUT2D eigenvalue weighted by Crippen LogP contribution is 2.31. The lowest BCUT2D eigenvalue weighted by molar-refractivity contribution is 0.230. The SMILES string of the molecule is CCNC(Cc1cccc(Br)c1)C1CCC(C)CC1. The third-order valence-corrected chi connectivity index (χ3v) is 4.93. The molecule has 1 fully saturated rings. The fourth-order valence-electron chi connectivity index (χ4n) is 3.27. The van der Waals surface area contributed by atoms with E-state index < -0.39 is 0 Å². The van der Waals surface area contributed by atoms with Crippen molar-refractivity contribution in [1.82, 2.24) is 5.32 Å². The number of benzene rings is 1. The molecular formula is C17H26BrN. The molecule has 0 aliphatic heterocycles. The van der Waals surface area contributed by atoms with Crippen molar-refractivity contribution in [3.05, 3.63) is 34.3 Å².